The van der Waals surface area contributed by atoms with Gasteiger partial charge in [0.05, 0.1) is 12.8 Å². The number of nitrogens with one attached hydrogen (secondary N) is 2. The molecule has 0 saturated carbocycles. The minimum Gasteiger partial charge on any atom is -0.375 e. The number of benzene rings is 2. The zero-order valence-electron chi connectivity index (χ0n) is 11.3. The molecular weight excluding hydrogens is 433 g/mol. The fourth-order valence-electron chi connectivity index (χ4n) is 1.58. The lowest BCUT2D eigenvalue weighted by Gasteiger charge is -2.07. The van der Waals surface area contributed by atoms with Crippen LogP contribution in [0, 0.1) is 0 Å². The van der Waals surface area contributed by atoms with Gasteiger partial charge in [-0.05, 0) is 51.8 Å². The molecule has 0 atom stereocenters. The van der Waals surface area contributed by atoms with E-state index in [1.165, 1.54) is 0 Å². The molecule has 0 aliphatic heterocycles. The highest BCUT2D eigenvalue weighted by atomic mass is 79.9. The molecule has 1 amide bonds. The average molecular weight is 446 g/mol. The molecule has 0 radical (unpaired) electrons. The van der Waals surface area contributed by atoms with Gasteiger partial charge in [0.2, 0.25) is 0 Å². The Kier molecular flexibility index (Phi) is 6.42. The summed E-state index contributed by atoms with van der Waals surface area (Å²) in [5.74, 6) is -0.241. The van der Waals surface area contributed by atoms with Gasteiger partial charge in [-0.3, -0.25) is 4.79 Å². The molecule has 0 saturated heterocycles. The maximum Gasteiger partial charge on any atom is 0.259 e. The van der Waals surface area contributed by atoms with Crippen molar-refractivity contribution < 1.29 is 4.79 Å². The molecule has 2 aromatic carbocycles. The lowest BCUT2D eigenvalue weighted by Crippen LogP contribution is -2.26. The smallest absolute Gasteiger partial charge is 0.259 e. The fraction of sp³-hybridized carbons (Fsp3) is 0.0667. The number of nitrogens with zero attached hydrogens (tertiary/aromatic N) is 1. The quantitative estimate of drug-likeness (QED) is 0.529. The summed E-state index contributed by atoms with van der Waals surface area (Å²) in [4.78, 5) is 11.7. The van der Waals surface area contributed by atoms with E-state index < -0.39 is 0 Å². The zero-order valence-corrected chi connectivity index (χ0v) is 15.2. The molecule has 4 nitrogen and oxygen atoms in total. The van der Waals surface area contributed by atoms with E-state index in [0.29, 0.717) is 5.02 Å². The Bertz CT molecular complexity index is 690. The zero-order chi connectivity index (χ0) is 15.9. The number of hydrazone groups is 1. The Morgan fingerprint density at radius 3 is 2.59 bits per heavy atom. The third-order valence-electron chi connectivity index (χ3n) is 2.64. The first-order valence-electron chi connectivity index (χ1n) is 6.31. The standard InChI is InChI=1S/C15H12Br2ClN3O/c16-11-3-1-10(2-4-11)8-20-21-15(22)9-19-14-6-5-12(18)7-13(14)17/h1-8,19H,9H2,(H,21,22)/b20-8+. The average Bonchev–Trinajstić information content (AvgIpc) is 2.48. The van der Waals surface area contributed by atoms with Crippen LogP contribution < -0.4 is 10.7 Å². The Morgan fingerprint density at radius 2 is 1.91 bits per heavy atom. The SMILES string of the molecule is O=C(CNc1ccc(Cl)cc1Br)N/N=C/c1ccc(Br)cc1. The van der Waals surface area contributed by atoms with Gasteiger partial charge < -0.3 is 5.32 Å². The summed E-state index contributed by atoms with van der Waals surface area (Å²) < 4.78 is 1.79. The highest BCUT2D eigenvalue weighted by molar-refractivity contribution is 9.10. The third kappa shape index (κ3) is 5.44. The fourth-order valence-corrected chi connectivity index (χ4v) is 2.66. The van der Waals surface area contributed by atoms with E-state index in [9.17, 15) is 4.79 Å². The Morgan fingerprint density at radius 1 is 1.18 bits per heavy atom. The van der Waals surface area contributed by atoms with Crippen LogP contribution in [0.4, 0.5) is 5.69 Å². The van der Waals surface area contributed by atoms with Crippen LogP contribution in [-0.2, 0) is 4.79 Å². The number of carbonyl (C=O) groups is 1. The molecule has 22 heavy (non-hydrogen) atoms. The molecule has 7 heteroatoms. The maximum atomic E-state index is 11.7. The van der Waals surface area contributed by atoms with E-state index >= 15 is 0 Å². The molecule has 2 N–H and O–H groups in total. The number of hydrogen-bond acceptors (Lipinski definition) is 3. The lowest BCUT2D eigenvalue weighted by atomic mass is 10.2. The number of anilines is 1. The summed E-state index contributed by atoms with van der Waals surface area (Å²) in [5, 5.41) is 7.53. The van der Waals surface area contributed by atoms with Crippen molar-refractivity contribution in [3.05, 3.63) is 62.0 Å². The number of rotatable bonds is 5. The van der Waals surface area contributed by atoms with Crippen molar-refractivity contribution in [2.45, 2.75) is 0 Å². The van der Waals surface area contributed by atoms with E-state index in [4.69, 9.17) is 11.6 Å². The monoisotopic (exact) mass is 443 g/mol. The highest BCUT2D eigenvalue weighted by Gasteiger charge is 2.03. The number of carbonyl (C=O) groups excluding carboxylic acids is 1. The van der Waals surface area contributed by atoms with Gasteiger partial charge in [-0.2, -0.15) is 5.10 Å². The molecule has 0 unspecified atom stereocenters. The molecule has 2 aromatic rings. The topological polar surface area (TPSA) is 53.5 Å². The normalized spacial score (nSPS) is 10.7. The molecule has 0 aromatic heterocycles. The van der Waals surface area contributed by atoms with Crippen LogP contribution in [-0.4, -0.2) is 18.7 Å². The van der Waals surface area contributed by atoms with E-state index in [0.717, 1.165) is 20.2 Å². The Balaban J connectivity index is 1.81. The molecule has 0 spiro atoms. The molecule has 0 fully saturated rings. The largest absolute Gasteiger partial charge is 0.375 e. The van der Waals surface area contributed by atoms with Gasteiger partial charge in [-0.25, -0.2) is 5.43 Å². The Labute approximate surface area is 150 Å². The van der Waals surface area contributed by atoms with Crippen molar-refractivity contribution in [1.29, 1.82) is 0 Å². The van der Waals surface area contributed by atoms with Crippen LogP contribution in [0.5, 0.6) is 0 Å². The van der Waals surface area contributed by atoms with Gasteiger partial charge >= 0.3 is 0 Å². The van der Waals surface area contributed by atoms with E-state index in [2.05, 4.69) is 47.7 Å². The van der Waals surface area contributed by atoms with Crippen molar-refractivity contribution in [2.75, 3.05) is 11.9 Å². The van der Waals surface area contributed by atoms with Gasteiger partial charge in [0.15, 0.2) is 0 Å². The first-order chi connectivity index (χ1) is 10.5. The highest BCUT2D eigenvalue weighted by Crippen LogP contribution is 2.25. The summed E-state index contributed by atoms with van der Waals surface area (Å²) in [7, 11) is 0. The van der Waals surface area contributed by atoms with Crippen molar-refractivity contribution in [1.82, 2.24) is 5.43 Å². The minimum absolute atomic E-state index is 0.109. The van der Waals surface area contributed by atoms with Crippen molar-refractivity contribution in [3.8, 4) is 0 Å². The van der Waals surface area contributed by atoms with Crippen LogP contribution in [0.2, 0.25) is 5.02 Å². The molecule has 0 aliphatic carbocycles. The van der Waals surface area contributed by atoms with Crippen molar-refractivity contribution in [3.63, 3.8) is 0 Å². The molecule has 114 valence electrons. The maximum absolute atomic E-state index is 11.7. The molecule has 0 bridgehead atoms. The molecule has 2 rings (SSSR count). The summed E-state index contributed by atoms with van der Waals surface area (Å²) in [6.07, 6.45) is 1.59. The number of amides is 1. The molecule has 0 heterocycles. The minimum atomic E-state index is -0.241. The van der Waals surface area contributed by atoms with E-state index in [1.54, 1.807) is 24.4 Å². The van der Waals surface area contributed by atoms with Crippen LogP contribution in [0.15, 0.2) is 56.5 Å². The summed E-state index contributed by atoms with van der Waals surface area (Å²) in [6, 6.07) is 12.9. The van der Waals surface area contributed by atoms with Crippen molar-refractivity contribution >= 4 is 61.3 Å². The van der Waals surface area contributed by atoms with Crippen LogP contribution in [0.1, 0.15) is 5.56 Å². The van der Waals surface area contributed by atoms with Crippen LogP contribution in [0.25, 0.3) is 0 Å². The van der Waals surface area contributed by atoms with E-state index in [-0.39, 0.29) is 12.5 Å². The summed E-state index contributed by atoms with van der Waals surface area (Å²) in [6.45, 7) is 0.109. The summed E-state index contributed by atoms with van der Waals surface area (Å²) >= 11 is 12.6. The number of hydrogen-bond donors (Lipinski definition) is 2. The third-order valence-corrected chi connectivity index (χ3v) is 4.06. The van der Waals surface area contributed by atoms with E-state index in [1.807, 2.05) is 24.3 Å². The second-order valence-electron chi connectivity index (χ2n) is 4.32. The van der Waals surface area contributed by atoms with Gasteiger partial charge in [0.1, 0.15) is 0 Å². The van der Waals surface area contributed by atoms with Gasteiger partial charge in [-0.1, -0.05) is 39.7 Å². The second kappa shape index (κ2) is 8.31. The first-order valence-corrected chi connectivity index (χ1v) is 8.27. The van der Waals surface area contributed by atoms with Crippen LogP contribution >= 0.6 is 43.5 Å². The predicted octanol–water partition coefficient (Wildman–Crippen LogP) is 4.43. The van der Waals surface area contributed by atoms with Gasteiger partial charge in [-0.15, -0.1) is 0 Å². The van der Waals surface area contributed by atoms with Gasteiger partial charge in [0.25, 0.3) is 5.91 Å². The first kappa shape index (κ1) is 17.0. The summed E-state index contributed by atoms with van der Waals surface area (Å²) in [5.41, 5.74) is 4.15. The Hall–Kier alpha value is -1.37. The lowest BCUT2D eigenvalue weighted by molar-refractivity contribution is -0.119. The van der Waals surface area contributed by atoms with Gasteiger partial charge in [0, 0.05) is 19.7 Å². The number of halogens is 3. The van der Waals surface area contributed by atoms with Crippen molar-refractivity contribution in [2.24, 2.45) is 5.10 Å². The molecular formula is C15H12Br2ClN3O. The second-order valence-corrected chi connectivity index (χ2v) is 6.53. The van der Waals surface area contributed by atoms with Crippen LogP contribution in [0.3, 0.4) is 0 Å². The molecule has 0 aliphatic rings. The predicted molar refractivity (Wildman–Crippen MR) is 97.5 cm³/mol.